The molecule has 0 amide bonds. The molecule has 0 unspecified atom stereocenters. The van der Waals surface area contributed by atoms with Gasteiger partial charge in [0.15, 0.2) is 0 Å². The number of ether oxygens (including phenoxy) is 1. The number of fused-ring (bicyclic) bond motifs is 1. The molecule has 0 bridgehead atoms. The lowest BCUT2D eigenvalue weighted by molar-refractivity contribution is 0.0256. The summed E-state index contributed by atoms with van der Waals surface area (Å²) >= 11 is 4.64. The van der Waals surface area contributed by atoms with Crippen LogP contribution >= 0.6 is 12.6 Å². The van der Waals surface area contributed by atoms with Crippen molar-refractivity contribution in [2.75, 3.05) is 6.54 Å². The maximum atomic E-state index is 6.62. The second-order valence-corrected chi connectivity index (χ2v) is 6.83. The van der Waals surface area contributed by atoms with Crippen LogP contribution in [0.25, 0.3) is 10.8 Å². The number of nitrogens with two attached hydrogens (primary N) is 1. The summed E-state index contributed by atoms with van der Waals surface area (Å²) in [5.74, 6) is 1.04. The third-order valence-corrected chi connectivity index (χ3v) is 5.03. The van der Waals surface area contributed by atoms with Crippen LogP contribution in [0.2, 0.25) is 0 Å². The third kappa shape index (κ3) is 2.90. The normalized spacial score (nSPS) is 13.9. The minimum Gasteiger partial charge on any atom is -0.480 e. The Morgan fingerprint density at radius 3 is 2.33 bits per heavy atom. The van der Waals surface area contributed by atoms with Crippen LogP contribution in [-0.4, -0.2) is 6.54 Å². The lowest BCUT2D eigenvalue weighted by Gasteiger charge is -2.38. The Labute approximate surface area is 149 Å². The summed E-state index contributed by atoms with van der Waals surface area (Å²) in [6.07, 6.45) is 0. The molecule has 3 rings (SSSR count). The van der Waals surface area contributed by atoms with Gasteiger partial charge in [0.25, 0.3) is 0 Å². The fourth-order valence-electron chi connectivity index (χ4n) is 3.18. The highest BCUT2D eigenvalue weighted by atomic mass is 32.1. The first-order chi connectivity index (χ1) is 11.6. The van der Waals surface area contributed by atoms with Crippen LogP contribution in [-0.2, 0) is 5.60 Å². The first kappa shape index (κ1) is 16.9. The molecule has 0 fully saturated rings. The molecule has 1 atom stereocenters. The van der Waals surface area contributed by atoms with Crippen molar-refractivity contribution in [3.05, 3.63) is 72.3 Å². The van der Waals surface area contributed by atoms with E-state index in [1.807, 2.05) is 42.5 Å². The fourth-order valence-corrected chi connectivity index (χ4v) is 3.53. The summed E-state index contributed by atoms with van der Waals surface area (Å²) in [5, 5.41) is 2.25. The first-order valence-corrected chi connectivity index (χ1v) is 8.68. The van der Waals surface area contributed by atoms with E-state index in [0.717, 1.165) is 27.0 Å². The van der Waals surface area contributed by atoms with Gasteiger partial charge in [0, 0.05) is 22.4 Å². The highest BCUT2D eigenvalue weighted by Gasteiger charge is 2.38. The number of rotatable bonds is 5. The molecule has 0 radical (unpaired) electrons. The number of thiol groups is 1. The van der Waals surface area contributed by atoms with E-state index in [4.69, 9.17) is 10.5 Å². The second-order valence-electron chi connectivity index (χ2n) is 6.34. The zero-order chi connectivity index (χ0) is 17.2. The van der Waals surface area contributed by atoms with Gasteiger partial charge < -0.3 is 10.5 Å². The molecule has 3 aromatic rings. The molecule has 0 aromatic heterocycles. The van der Waals surface area contributed by atoms with E-state index >= 15 is 0 Å². The molecule has 2 nitrogen and oxygen atoms in total. The Morgan fingerprint density at radius 2 is 1.62 bits per heavy atom. The summed E-state index contributed by atoms with van der Waals surface area (Å²) in [4.78, 5) is 0.900. The highest BCUT2D eigenvalue weighted by Crippen LogP contribution is 2.39. The van der Waals surface area contributed by atoms with Crippen LogP contribution in [0.5, 0.6) is 5.75 Å². The number of hydrogen-bond donors (Lipinski definition) is 2. The van der Waals surface area contributed by atoms with Gasteiger partial charge in [-0.1, -0.05) is 68.4 Å². The molecule has 0 saturated carbocycles. The van der Waals surface area contributed by atoms with Gasteiger partial charge in [0.1, 0.15) is 11.4 Å². The fraction of sp³-hybridized carbons (Fsp3) is 0.238. The molecule has 3 aromatic carbocycles. The maximum Gasteiger partial charge on any atom is 0.149 e. The average Bonchev–Trinajstić information content (AvgIpc) is 2.60. The minimum absolute atomic E-state index is 0.190. The summed E-state index contributed by atoms with van der Waals surface area (Å²) in [6, 6.07) is 22.4. The van der Waals surface area contributed by atoms with E-state index in [2.05, 4.69) is 50.7 Å². The molecule has 0 aliphatic rings. The van der Waals surface area contributed by atoms with Gasteiger partial charge in [0.05, 0.1) is 0 Å². The Balaban J connectivity index is 2.16. The smallest absolute Gasteiger partial charge is 0.149 e. The van der Waals surface area contributed by atoms with Gasteiger partial charge in [-0.25, -0.2) is 0 Å². The van der Waals surface area contributed by atoms with E-state index in [0.29, 0.717) is 6.54 Å². The van der Waals surface area contributed by atoms with Crippen LogP contribution in [0.1, 0.15) is 19.4 Å². The topological polar surface area (TPSA) is 35.2 Å². The maximum absolute atomic E-state index is 6.62. The monoisotopic (exact) mass is 337 g/mol. The van der Waals surface area contributed by atoms with Gasteiger partial charge in [-0.15, -0.1) is 12.6 Å². The van der Waals surface area contributed by atoms with E-state index in [9.17, 15) is 0 Å². The predicted molar refractivity (Wildman–Crippen MR) is 104 cm³/mol. The van der Waals surface area contributed by atoms with E-state index in [1.54, 1.807) is 0 Å². The van der Waals surface area contributed by atoms with Gasteiger partial charge in [-0.05, 0) is 23.4 Å². The molecule has 0 saturated heterocycles. The van der Waals surface area contributed by atoms with Crippen molar-refractivity contribution >= 4 is 23.4 Å². The van der Waals surface area contributed by atoms with Crippen LogP contribution in [0.3, 0.4) is 0 Å². The van der Waals surface area contributed by atoms with Crippen LogP contribution in [0.15, 0.2) is 71.6 Å². The molecule has 2 N–H and O–H groups in total. The second kappa shape index (κ2) is 6.88. The Kier molecular flexibility index (Phi) is 4.83. The molecule has 3 heteroatoms. The van der Waals surface area contributed by atoms with Crippen molar-refractivity contribution in [3.63, 3.8) is 0 Å². The van der Waals surface area contributed by atoms with Crippen molar-refractivity contribution in [2.45, 2.75) is 24.3 Å². The molecular weight excluding hydrogens is 314 g/mol. The van der Waals surface area contributed by atoms with Crippen molar-refractivity contribution < 1.29 is 4.74 Å². The molecule has 0 aliphatic heterocycles. The van der Waals surface area contributed by atoms with Crippen molar-refractivity contribution in [3.8, 4) is 5.75 Å². The summed E-state index contributed by atoms with van der Waals surface area (Å²) in [5.41, 5.74) is 6.65. The van der Waals surface area contributed by atoms with E-state index < -0.39 is 5.60 Å². The summed E-state index contributed by atoms with van der Waals surface area (Å²) in [7, 11) is 0. The standard InChI is InChI=1S/C21H23NOS/c1-15(2)21(14-22,18-11-5-6-13-20(18)24)23-19-12-7-9-16-8-3-4-10-17(16)19/h3-13,15,24H,14,22H2,1-2H3/t21-/m0/s1. The SMILES string of the molecule is CC(C)[C@](CN)(Oc1cccc2ccccc12)c1ccccc1S. The lowest BCUT2D eigenvalue weighted by atomic mass is 9.82. The zero-order valence-corrected chi connectivity index (χ0v) is 15.0. The average molecular weight is 337 g/mol. The van der Waals surface area contributed by atoms with Gasteiger partial charge in [0.2, 0.25) is 0 Å². The lowest BCUT2D eigenvalue weighted by Crippen LogP contribution is -2.46. The number of hydrogen-bond acceptors (Lipinski definition) is 3. The first-order valence-electron chi connectivity index (χ1n) is 8.24. The number of benzene rings is 3. The zero-order valence-electron chi connectivity index (χ0n) is 14.1. The van der Waals surface area contributed by atoms with Gasteiger partial charge >= 0.3 is 0 Å². The quantitative estimate of drug-likeness (QED) is 0.641. The molecular formula is C21H23NOS. The van der Waals surface area contributed by atoms with Crippen molar-refractivity contribution in [1.82, 2.24) is 0 Å². The Morgan fingerprint density at radius 1 is 0.958 bits per heavy atom. The molecule has 0 heterocycles. The van der Waals surface area contributed by atoms with Gasteiger partial charge in [-0.2, -0.15) is 0 Å². The van der Waals surface area contributed by atoms with Crippen molar-refractivity contribution in [1.29, 1.82) is 0 Å². The molecule has 0 aliphatic carbocycles. The van der Waals surface area contributed by atoms with Crippen LogP contribution in [0.4, 0.5) is 0 Å². The minimum atomic E-state index is -0.623. The predicted octanol–water partition coefficient (Wildman–Crippen LogP) is 5.02. The third-order valence-electron chi connectivity index (χ3n) is 4.64. The van der Waals surface area contributed by atoms with E-state index in [-0.39, 0.29) is 5.92 Å². The Hall–Kier alpha value is -1.97. The molecule has 24 heavy (non-hydrogen) atoms. The van der Waals surface area contributed by atoms with Crippen LogP contribution < -0.4 is 10.5 Å². The largest absolute Gasteiger partial charge is 0.480 e. The summed E-state index contributed by atoms with van der Waals surface area (Å²) < 4.78 is 6.62. The van der Waals surface area contributed by atoms with Gasteiger partial charge in [-0.3, -0.25) is 0 Å². The summed E-state index contributed by atoms with van der Waals surface area (Å²) in [6.45, 7) is 4.65. The Bertz CT molecular complexity index is 841. The van der Waals surface area contributed by atoms with Crippen molar-refractivity contribution in [2.24, 2.45) is 11.7 Å². The van der Waals surface area contributed by atoms with Crippen LogP contribution in [0, 0.1) is 5.92 Å². The molecule has 124 valence electrons. The highest BCUT2D eigenvalue weighted by molar-refractivity contribution is 7.80. The molecule has 0 spiro atoms. The van der Waals surface area contributed by atoms with E-state index in [1.165, 1.54) is 0 Å².